The summed E-state index contributed by atoms with van der Waals surface area (Å²) in [5, 5.41) is 17.9. The highest BCUT2D eigenvalue weighted by molar-refractivity contribution is 6.13. The van der Waals surface area contributed by atoms with Crippen molar-refractivity contribution >= 4 is 27.5 Å². The third-order valence-corrected chi connectivity index (χ3v) is 5.59. The molecule has 7 heteroatoms. The summed E-state index contributed by atoms with van der Waals surface area (Å²) in [6.07, 6.45) is -3.32. The van der Waals surface area contributed by atoms with Crippen molar-refractivity contribution in [2.45, 2.75) is 12.6 Å². The van der Waals surface area contributed by atoms with Gasteiger partial charge < -0.3 is 5.11 Å². The molecule has 0 amide bonds. The van der Waals surface area contributed by atoms with Crippen LogP contribution in [-0.2, 0) is 17.4 Å². The van der Waals surface area contributed by atoms with E-state index in [1.165, 1.54) is 23.0 Å². The van der Waals surface area contributed by atoms with Crippen molar-refractivity contribution in [2.24, 2.45) is 0 Å². The van der Waals surface area contributed by atoms with E-state index >= 15 is 0 Å². The van der Waals surface area contributed by atoms with E-state index in [1.54, 1.807) is 0 Å². The van der Waals surface area contributed by atoms with Gasteiger partial charge in [0.05, 0.1) is 23.4 Å². The van der Waals surface area contributed by atoms with Crippen LogP contribution in [0.4, 0.5) is 13.2 Å². The molecule has 5 rings (SSSR count). The SMILES string of the molecule is O=C(O)Cc1cn(-c2cccc(C(F)(F)F)c2)nc1-c1cc2ccccc2c2ccccc12. The molecule has 0 bridgehead atoms. The highest BCUT2D eigenvalue weighted by Crippen LogP contribution is 2.36. The van der Waals surface area contributed by atoms with Crippen molar-refractivity contribution in [3.63, 3.8) is 0 Å². The van der Waals surface area contributed by atoms with Gasteiger partial charge in [0, 0.05) is 17.3 Å². The minimum Gasteiger partial charge on any atom is -0.481 e. The van der Waals surface area contributed by atoms with Crippen LogP contribution in [0.25, 0.3) is 38.5 Å². The van der Waals surface area contributed by atoms with E-state index in [-0.39, 0.29) is 12.1 Å². The zero-order valence-corrected chi connectivity index (χ0v) is 17.2. The number of halogens is 3. The molecular weight excluding hydrogens is 429 g/mol. The van der Waals surface area contributed by atoms with Crippen LogP contribution in [0.3, 0.4) is 0 Å². The Bertz CT molecular complexity index is 1520. The van der Waals surface area contributed by atoms with Crippen LogP contribution in [0.2, 0.25) is 0 Å². The summed E-state index contributed by atoms with van der Waals surface area (Å²) in [6.45, 7) is 0. The van der Waals surface area contributed by atoms with E-state index in [4.69, 9.17) is 0 Å². The molecule has 4 aromatic carbocycles. The first-order valence-corrected chi connectivity index (χ1v) is 10.2. The van der Waals surface area contributed by atoms with Gasteiger partial charge >= 0.3 is 12.1 Å². The van der Waals surface area contributed by atoms with Gasteiger partial charge in [0.15, 0.2) is 0 Å². The maximum Gasteiger partial charge on any atom is 0.416 e. The Labute approximate surface area is 186 Å². The molecule has 33 heavy (non-hydrogen) atoms. The maximum atomic E-state index is 13.2. The lowest BCUT2D eigenvalue weighted by Gasteiger charge is -2.10. The molecule has 5 aromatic rings. The largest absolute Gasteiger partial charge is 0.481 e. The van der Waals surface area contributed by atoms with Crippen LogP contribution < -0.4 is 0 Å². The molecular formula is C26H17F3N2O2. The predicted octanol–water partition coefficient (Wildman–Crippen LogP) is 6.49. The van der Waals surface area contributed by atoms with Crippen molar-refractivity contribution in [1.29, 1.82) is 0 Å². The number of alkyl halides is 3. The average molecular weight is 446 g/mol. The summed E-state index contributed by atoms with van der Waals surface area (Å²) in [7, 11) is 0. The lowest BCUT2D eigenvalue weighted by molar-refractivity contribution is -0.138. The molecule has 4 nitrogen and oxygen atoms in total. The first kappa shape index (κ1) is 20.8. The minimum absolute atomic E-state index is 0.202. The summed E-state index contributed by atoms with van der Waals surface area (Å²) in [4.78, 5) is 11.6. The Kier molecular flexibility index (Phi) is 4.89. The number of fused-ring (bicyclic) bond motifs is 3. The van der Waals surface area contributed by atoms with Crippen molar-refractivity contribution in [3.05, 3.63) is 96.2 Å². The highest BCUT2D eigenvalue weighted by Gasteiger charge is 2.30. The lowest BCUT2D eigenvalue weighted by atomic mass is 9.94. The van der Waals surface area contributed by atoms with Crippen molar-refractivity contribution in [3.8, 4) is 16.9 Å². The van der Waals surface area contributed by atoms with Gasteiger partial charge in [-0.15, -0.1) is 0 Å². The zero-order chi connectivity index (χ0) is 23.2. The topological polar surface area (TPSA) is 55.1 Å². The number of benzene rings is 4. The van der Waals surface area contributed by atoms with Crippen molar-refractivity contribution in [2.75, 3.05) is 0 Å². The number of nitrogens with zero attached hydrogens (tertiary/aromatic N) is 2. The van der Waals surface area contributed by atoms with Crippen LogP contribution in [0.5, 0.6) is 0 Å². The highest BCUT2D eigenvalue weighted by atomic mass is 19.4. The molecule has 0 unspecified atom stereocenters. The van der Waals surface area contributed by atoms with Crippen LogP contribution >= 0.6 is 0 Å². The lowest BCUT2D eigenvalue weighted by Crippen LogP contribution is -2.06. The average Bonchev–Trinajstić information content (AvgIpc) is 3.21. The quantitative estimate of drug-likeness (QED) is 0.321. The van der Waals surface area contributed by atoms with Gasteiger partial charge in [-0.1, -0.05) is 54.6 Å². The number of carboxylic acid groups (broad SMARTS) is 1. The third kappa shape index (κ3) is 3.82. The van der Waals surface area contributed by atoms with Gasteiger partial charge in [-0.05, 0) is 45.8 Å². The van der Waals surface area contributed by atoms with E-state index < -0.39 is 17.7 Å². The molecule has 1 aromatic heterocycles. The number of carboxylic acids is 1. The molecule has 164 valence electrons. The maximum absolute atomic E-state index is 13.2. The smallest absolute Gasteiger partial charge is 0.416 e. The van der Waals surface area contributed by atoms with E-state index in [0.717, 1.165) is 39.2 Å². The number of aliphatic carboxylic acids is 1. The number of aromatic nitrogens is 2. The fraction of sp³-hybridized carbons (Fsp3) is 0.0769. The molecule has 1 heterocycles. The monoisotopic (exact) mass is 446 g/mol. The first-order valence-electron chi connectivity index (χ1n) is 10.2. The fourth-order valence-electron chi connectivity index (χ4n) is 4.14. The molecule has 0 aliphatic rings. The third-order valence-electron chi connectivity index (χ3n) is 5.59. The normalized spacial score (nSPS) is 11.8. The van der Waals surface area contributed by atoms with E-state index in [1.807, 2.05) is 54.6 Å². The van der Waals surface area contributed by atoms with Crippen LogP contribution in [0.1, 0.15) is 11.1 Å². The molecule has 0 fully saturated rings. The standard InChI is InChI=1S/C26H17F3N2O2/c27-26(28,29)18-7-5-8-19(14-18)31-15-17(13-24(32)33)25(30-31)23-12-16-6-1-2-9-20(16)21-10-3-4-11-22(21)23/h1-12,14-15H,13H2,(H,32,33). The van der Waals surface area contributed by atoms with Crippen LogP contribution in [-0.4, -0.2) is 20.9 Å². The molecule has 0 radical (unpaired) electrons. The molecule has 0 spiro atoms. The number of hydrogen-bond acceptors (Lipinski definition) is 2. The Morgan fingerprint density at radius 3 is 2.30 bits per heavy atom. The van der Waals surface area contributed by atoms with Gasteiger partial charge in [-0.3, -0.25) is 4.79 Å². The minimum atomic E-state index is -4.50. The van der Waals surface area contributed by atoms with E-state index in [2.05, 4.69) is 5.10 Å². The number of carbonyl (C=O) groups is 1. The van der Waals surface area contributed by atoms with E-state index in [9.17, 15) is 23.1 Å². The van der Waals surface area contributed by atoms with Crippen LogP contribution in [0, 0.1) is 0 Å². The molecule has 0 aliphatic carbocycles. The van der Waals surface area contributed by atoms with Gasteiger partial charge in [0.25, 0.3) is 0 Å². The second kappa shape index (κ2) is 7.78. The van der Waals surface area contributed by atoms with Gasteiger partial charge in [-0.25, -0.2) is 4.68 Å². The second-order valence-corrected chi connectivity index (χ2v) is 7.76. The fourth-order valence-corrected chi connectivity index (χ4v) is 4.14. The molecule has 0 aliphatic heterocycles. The number of rotatable bonds is 4. The second-order valence-electron chi connectivity index (χ2n) is 7.76. The Morgan fingerprint density at radius 1 is 0.879 bits per heavy atom. The molecule has 0 atom stereocenters. The predicted molar refractivity (Wildman–Crippen MR) is 120 cm³/mol. The summed E-state index contributed by atoms with van der Waals surface area (Å²) >= 11 is 0. The summed E-state index contributed by atoms with van der Waals surface area (Å²) in [5.41, 5.74) is 0.976. The molecule has 0 saturated carbocycles. The Balaban J connectivity index is 1.76. The Hall–Kier alpha value is -4.13. The molecule has 1 N–H and O–H groups in total. The molecule has 0 saturated heterocycles. The summed E-state index contributed by atoms with van der Waals surface area (Å²) in [5.74, 6) is -1.05. The van der Waals surface area contributed by atoms with Crippen LogP contribution in [0.15, 0.2) is 85.1 Å². The van der Waals surface area contributed by atoms with Crippen molar-refractivity contribution in [1.82, 2.24) is 9.78 Å². The zero-order valence-electron chi connectivity index (χ0n) is 17.2. The summed E-state index contributed by atoms with van der Waals surface area (Å²) < 4.78 is 41.0. The summed E-state index contributed by atoms with van der Waals surface area (Å²) in [6, 6.07) is 22.3. The Morgan fingerprint density at radius 2 is 1.58 bits per heavy atom. The van der Waals surface area contributed by atoms with Gasteiger partial charge in [0.2, 0.25) is 0 Å². The van der Waals surface area contributed by atoms with Gasteiger partial charge in [0.1, 0.15) is 0 Å². The van der Waals surface area contributed by atoms with Crippen molar-refractivity contribution < 1.29 is 23.1 Å². The number of hydrogen-bond donors (Lipinski definition) is 1. The first-order chi connectivity index (χ1) is 15.8. The van der Waals surface area contributed by atoms with Gasteiger partial charge in [-0.2, -0.15) is 18.3 Å². The van der Waals surface area contributed by atoms with E-state index in [0.29, 0.717) is 11.3 Å².